The summed E-state index contributed by atoms with van der Waals surface area (Å²) in [5.41, 5.74) is 1.67. The van der Waals surface area contributed by atoms with Gasteiger partial charge in [-0.3, -0.25) is 0 Å². The molecule has 1 aromatic rings. The van der Waals surface area contributed by atoms with Crippen molar-refractivity contribution in [1.29, 1.82) is 0 Å². The maximum Gasteiger partial charge on any atom is 0.338 e. The van der Waals surface area contributed by atoms with Crippen LogP contribution in [0, 0.1) is 0 Å². The first-order valence-electron chi connectivity index (χ1n) is 7.35. The summed E-state index contributed by atoms with van der Waals surface area (Å²) in [6.07, 6.45) is 3.02. The molecule has 0 spiro atoms. The third-order valence-corrected chi connectivity index (χ3v) is 3.79. The molecule has 0 N–H and O–H groups in total. The molecule has 1 atom stereocenters. The Labute approximate surface area is 123 Å². The molecule has 5 nitrogen and oxygen atoms in total. The largest absolute Gasteiger partial charge is 0.462 e. The van der Waals surface area contributed by atoms with E-state index in [-0.39, 0.29) is 18.0 Å². The van der Waals surface area contributed by atoms with Crippen molar-refractivity contribution in [3.05, 3.63) is 34.9 Å². The molecular formula is C16H18O5. The molecule has 1 saturated heterocycles. The zero-order valence-electron chi connectivity index (χ0n) is 11.8. The van der Waals surface area contributed by atoms with Crippen LogP contribution < -0.4 is 0 Å². The summed E-state index contributed by atoms with van der Waals surface area (Å²) < 4.78 is 16.2. The third-order valence-electron chi connectivity index (χ3n) is 3.79. The molecule has 0 aliphatic carbocycles. The third kappa shape index (κ3) is 3.08. The number of esters is 2. The van der Waals surface area contributed by atoms with E-state index >= 15 is 0 Å². The highest BCUT2D eigenvalue weighted by molar-refractivity contribution is 5.95. The van der Waals surface area contributed by atoms with Crippen molar-refractivity contribution in [3.63, 3.8) is 0 Å². The van der Waals surface area contributed by atoms with Gasteiger partial charge in [0.05, 0.1) is 30.4 Å². The molecular weight excluding hydrogens is 272 g/mol. The molecule has 1 fully saturated rings. The van der Waals surface area contributed by atoms with Gasteiger partial charge in [-0.25, -0.2) is 9.59 Å². The zero-order chi connectivity index (χ0) is 14.7. The van der Waals surface area contributed by atoms with Gasteiger partial charge in [-0.15, -0.1) is 0 Å². The van der Waals surface area contributed by atoms with E-state index in [1.165, 1.54) is 0 Å². The number of carbonyl (C=O) groups excluding carboxylic acids is 2. The lowest BCUT2D eigenvalue weighted by molar-refractivity contribution is 0.0419. The zero-order valence-corrected chi connectivity index (χ0v) is 11.8. The fourth-order valence-corrected chi connectivity index (χ4v) is 2.66. The van der Waals surface area contributed by atoms with Gasteiger partial charge in [0.1, 0.15) is 0 Å². The molecule has 0 amide bonds. The van der Waals surface area contributed by atoms with Gasteiger partial charge in [0, 0.05) is 6.61 Å². The molecule has 3 aliphatic heterocycles. The molecule has 21 heavy (non-hydrogen) atoms. The van der Waals surface area contributed by atoms with Crippen LogP contribution in [0.2, 0.25) is 0 Å². The Kier molecular flexibility index (Phi) is 4.20. The van der Waals surface area contributed by atoms with Crippen LogP contribution in [0.1, 0.15) is 58.1 Å². The van der Waals surface area contributed by atoms with Gasteiger partial charge in [-0.2, -0.15) is 0 Å². The number of fused-ring (bicyclic) bond motifs is 9. The second-order valence-electron chi connectivity index (χ2n) is 5.28. The summed E-state index contributed by atoms with van der Waals surface area (Å²) in [6.45, 7) is 1.35. The van der Waals surface area contributed by atoms with Gasteiger partial charge in [0.25, 0.3) is 0 Å². The van der Waals surface area contributed by atoms with Crippen LogP contribution in [-0.2, 0) is 14.2 Å². The minimum absolute atomic E-state index is 0.150. The molecule has 0 aromatic heterocycles. The second-order valence-corrected chi connectivity index (χ2v) is 5.28. The van der Waals surface area contributed by atoms with Crippen molar-refractivity contribution in [2.24, 2.45) is 0 Å². The lowest BCUT2D eigenvalue weighted by Crippen LogP contribution is -2.16. The number of hydrogen-bond acceptors (Lipinski definition) is 5. The predicted molar refractivity (Wildman–Crippen MR) is 74.2 cm³/mol. The van der Waals surface area contributed by atoms with Crippen LogP contribution in [0.3, 0.4) is 0 Å². The highest BCUT2D eigenvalue weighted by Crippen LogP contribution is 2.32. The first kappa shape index (κ1) is 14.1. The van der Waals surface area contributed by atoms with E-state index in [0.717, 1.165) is 18.4 Å². The van der Waals surface area contributed by atoms with Gasteiger partial charge in [-0.05, 0) is 49.4 Å². The topological polar surface area (TPSA) is 61.8 Å². The highest BCUT2D eigenvalue weighted by Gasteiger charge is 2.26. The first-order valence-corrected chi connectivity index (χ1v) is 7.35. The SMILES string of the molecule is O=C1OCCCCOC(=O)c2ccc1cc2C1CCCO1. The van der Waals surface area contributed by atoms with Gasteiger partial charge in [0.15, 0.2) is 0 Å². The number of rotatable bonds is 1. The van der Waals surface area contributed by atoms with E-state index in [1.54, 1.807) is 18.2 Å². The molecule has 112 valence electrons. The fraction of sp³-hybridized carbons (Fsp3) is 0.500. The van der Waals surface area contributed by atoms with Crippen LogP contribution in [0.4, 0.5) is 0 Å². The van der Waals surface area contributed by atoms with Crippen LogP contribution in [0.15, 0.2) is 18.2 Å². The average Bonchev–Trinajstić information content (AvgIpc) is 3.02. The molecule has 1 unspecified atom stereocenters. The summed E-state index contributed by atoms with van der Waals surface area (Å²) in [5.74, 6) is -0.698. The minimum Gasteiger partial charge on any atom is -0.462 e. The number of hydrogen-bond donors (Lipinski definition) is 0. The van der Waals surface area contributed by atoms with Crippen LogP contribution in [-0.4, -0.2) is 31.8 Å². The summed E-state index contributed by atoms with van der Waals surface area (Å²) in [6, 6.07) is 4.95. The molecule has 0 saturated carbocycles. The van der Waals surface area contributed by atoms with Crippen LogP contribution >= 0.6 is 0 Å². The summed E-state index contributed by atoms with van der Waals surface area (Å²) in [4.78, 5) is 24.2. The van der Waals surface area contributed by atoms with Crippen molar-refractivity contribution in [3.8, 4) is 0 Å². The lowest BCUT2D eigenvalue weighted by Gasteiger charge is -2.17. The molecule has 3 heterocycles. The summed E-state index contributed by atoms with van der Waals surface area (Å²) in [5, 5.41) is 0. The summed E-state index contributed by atoms with van der Waals surface area (Å²) in [7, 11) is 0. The fourth-order valence-electron chi connectivity index (χ4n) is 2.66. The van der Waals surface area contributed by atoms with Gasteiger partial charge in [0.2, 0.25) is 0 Å². The average molecular weight is 290 g/mol. The van der Waals surface area contributed by atoms with Gasteiger partial charge >= 0.3 is 11.9 Å². The van der Waals surface area contributed by atoms with Gasteiger partial charge < -0.3 is 14.2 Å². The van der Waals surface area contributed by atoms with E-state index in [1.807, 2.05) is 0 Å². The van der Waals surface area contributed by atoms with Crippen molar-refractivity contribution >= 4 is 11.9 Å². The minimum atomic E-state index is -0.352. The Morgan fingerprint density at radius 3 is 2.38 bits per heavy atom. The van der Waals surface area contributed by atoms with Crippen molar-refractivity contribution in [2.45, 2.75) is 31.8 Å². The van der Waals surface area contributed by atoms with E-state index in [9.17, 15) is 9.59 Å². The number of carbonyl (C=O) groups is 2. The van der Waals surface area contributed by atoms with Gasteiger partial charge in [-0.1, -0.05) is 0 Å². The van der Waals surface area contributed by atoms with E-state index in [0.29, 0.717) is 43.8 Å². The smallest absolute Gasteiger partial charge is 0.338 e. The lowest BCUT2D eigenvalue weighted by atomic mass is 9.97. The predicted octanol–water partition coefficient (Wildman–Crippen LogP) is 2.65. The van der Waals surface area contributed by atoms with E-state index in [4.69, 9.17) is 14.2 Å². The van der Waals surface area contributed by atoms with Crippen molar-refractivity contribution in [2.75, 3.05) is 19.8 Å². The molecule has 2 bridgehead atoms. The Balaban J connectivity index is 2.00. The van der Waals surface area contributed by atoms with Crippen molar-refractivity contribution in [1.82, 2.24) is 0 Å². The Morgan fingerprint density at radius 1 is 0.905 bits per heavy atom. The maximum atomic E-state index is 12.2. The monoisotopic (exact) mass is 290 g/mol. The Bertz CT molecular complexity index is 546. The Morgan fingerprint density at radius 2 is 1.67 bits per heavy atom. The molecule has 3 aliphatic rings. The first-order chi connectivity index (χ1) is 10.3. The Hall–Kier alpha value is -1.88. The second kappa shape index (κ2) is 6.26. The van der Waals surface area contributed by atoms with E-state index < -0.39 is 0 Å². The quantitative estimate of drug-likeness (QED) is 0.744. The molecule has 1 aromatic carbocycles. The van der Waals surface area contributed by atoms with Crippen LogP contribution in [0.25, 0.3) is 0 Å². The van der Waals surface area contributed by atoms with E-state index in [2.05, 4.69) is 0 Å². The highest BCUT2D eigenvalue weighted by atomic mass is 16.5. The van der Waals surface area contributed by atoms with Crippen molar-refractivity contribution < 1.29 is 23.8 Å². The molecule has 0 radical (unpaired) electrons. The normalized spacial score (nSPS) is 23.1. The number of benzene rings is 1. The number of ether oxygens (including phenoxy) is 3. The molecule has 4 rings (SSSR count). The van der Waals surface area contributed by atoms with Crippen LogP contribution in [0.5, 0.6) is 0 Å². The summed E-state index contributed by atoms with van der Waals surface area (Å²) >= 11 is 0. The molecule has 5 heteroatoms. The standard InChI is InChI=1S/C16H18O5/c17-15-11-5-6-12(13(10-11)14-4-3-9-19-14)16(18)21-8-2-1-7-20-15/h5-6,10,14H,1-4,7-9H2. The maximum absolute atomic E-state index is 12.2.